The fourth-order valence-electron chi connectivity index (χ4n) is 4.41. The second-order valence-electron chi connectivity index (χ2n) is 9.85. The molecule has 0 aromatic heterocycles. The molecule has 2 aromatic carbocycles. The summed E-state index contributed by atoms with van der Waals surface area (Å²) in [6, 6.07) is 20.4. The van der Waals surface area contributed by atoms with Gasteiger partial charge in [0, 0.05) is 6.10 Å². The van der Waals surface area contributed by atoms with Crippen LogP contribution in [0.15, 0.2) is 60.7 Å². The molecule has 4 nitrogen and oxygen atoms in total. The standard InChI is InChI=1S/C26H35F3O4Si/c1-20(14-8-7-13-19-25(32,23(30)31)26(27,28)29)33-34(24(2,3)4,21-15-9-5-10-16-21)22-17-11-6-12-18-22/h5-6,9-12,15-18,20,32H,7-8,13-14,19H2,1-4H3,(H,30,31)/t20-,25?/m0/s1. The number of hydrogen-bond donors (Lipinski definition) is 2. The fourth-order valence-corrected chi connectivity index (χ4v) is 9.15. The molecule has 0 amide bonds. The first kappa shape index (κ1) is 28.1. The van der Waals surface area contributed by atoms with Gasteiger partial charge in [-0.1, -0.05) is 94.3 Å². The second kappa shape index (κ2) is 11.1. The summed E-state index contributed by atoms with van der Waals surface area (Å²) in [6.45, 7) is 8.50. The van der Waals surface area contributed by atoms with E-state index in [2.05, 4.69) is 45.0 Å². The lowest BCUT2D eigenvalue weighted by Crippen LogP contribution is -2.67. The van der Waals surface area contributed by atoms with E-state index in [1.54, 1.807) is 0 Å². The molecule has 0 aliphatic rings. The van der Waals surface area contributed by atoms with Crippen molar-refractivity contribution < 1.29 is 32.6 Å². The maximum Gasteiger partial charge on any atom is 0.428 e. The Morgan fingerprint density at radius 2 is 1.38 bits per heavy atom. The van der Waals surface area contributed by atoms with E-state index in [1.807, 2.05) is 43.3 Å². The van der Waals surface area contributed by atoms with Gasteiger partial charge in [-0.25, -0.2) is 4.79 Å². The highest BCUT2D eigenvalue weighted by atomic mass is 28.4. The molecule has 0 heterocycles. The second-order valence-corrected chi connectivity index (χ2v) is 14.1. The number of alkyl halides is 3. The monoisotopic (exact) mass is 496 g/mol. The number of benzene rings is 2. The molecular formula is C26H35F3O4Si. The summed E-state index contributed by atoms with van der Waals surface area (Å²) in [7, 11) is -2.72. The Morgan fingerprint density at radius 3 is 1.76 bits per heavy atom. The van der Waals surface area contributed by atoms with E-state index in [0.29, 0.717) is 19.3 Å². The van der Waals surface area contributed by atoms with Crippen LogP contribution in [0.3, 0.4) is 0 Å². The molecule has 0 radical (unpaired) electrons. The van der Waals surface area contributed by atoms with Gasteiger partial charge in [-0.3, -0.25) is 0 Å². The molecule has 0 bridgehead atoms. The van der Waals surface area contributed by atoms with Crippen molar-refractivity contribution in [3.8, 4) is 0 Å². The lowest BCUT2D eigenvalue weighted by Gasteiger charge is -2.44. The molecule has 0 aliphatic carbocycles. The van der Waals surface area contributed by atoms with Gasteiger partial charge in [-0.05, 0) is 41.6 Å². The Labute approximate surface area is 200 Å². The predicted molar refractivity (Wildman–Crippen MR) is 130 cm³/mol. The van der Waals surface area contributed by atoms with Gasteiger partial charge in [0.05, 0.1) is 0 Å². The van der Waals surface area contributed by atoms with Crippen molar-refractivity contribution in [3.63, 3.8) is 0 Å². The van der Waals surface area contributed by atoms with Crippen LogP contribution in [-0.4, -0.2) is 42.4 Å². The molecule has 0 saturated carbocycles. The van der Waals surface area contributed by atoms with E-state index in [0.717, 1.165) is 10.4 Å². The molecule has 2 N–H and O–H groups in total. The minimum atomic E-state index is -5.21. The molecule has 0 fully saturated rings. The molecule has 0 saturated heterocycles. The molecule has 0 spiro atoms. The lowest BCUT2D eigenvalue weighted by atomic mass is 9.95. The number of aliphatic hydroxyl groups is 1. The molecular weight excluding hydrogens is 461 g/mol. The van der Waals surface area contributed by atoms with Gasteiger partial charge < -0.3 is 14.6 Å². The average Bonchev–Trinajstić information content (AvgIpc) is 2.76. The number of halogens is 3. The highest BCUT2D eigenvalue weighted by molar-refractivity contribution is 6.99. The van der Waals surface area contributed by atoms with Gasteiger partial charge in [0.2, 0.25) is 0 Å². The largest absolute Gasteiger partial charge is 0.479 e. The number of hydrogen-bond acceptors (Lipinski definition) is 3. The smallest absolute Gasteiger partial charge is 0.428 e. The first-order valence-corrected chi connectivity index (χ1v) is 13.5. The maximum absolute atomic E-state index is 13.0. The number of carbonyl (C=O) groups is 1. The molecule has 1 unspecified atom stereocenters. The topological polar surface area (TPSA) is 66.8 Å². The van der Waals surface area contributed by atoms with E-state index < -0.39 is 32.5 Å². The van der Waals surface area contributed by atoms with Gasteiger partial charge >= 0.3 is 12.1 Å². The summed E-state index contributed by atoms with van der Waals surface area (Å²) in [6.07, 6.45) is -4.75. The quantitative estimate of drug-likeness (QED) is 0.328. The third-order valence-electron chi connectivity index (χ3n) is 6.27. The Morgan fingerprint density at radius 1 is 0.912 bits per heavy atom. The van der Waals surface area contributed by atoms with Crippen LogP contribution in [0.4, 0.5) is 13.2 Å². The van der Waals surface area contributed by atoms with Crippen molar-refractivity contribution in [1.29, 1.82) is 0 Å². The van der Waals surface area contributed by atoms with Crippen LogP contribution in [-0.2, 0) is 9.22 Å². The zero-order valence-electron chi connectivity index (χ0n) is 20.2. The SMILES string of the molecule is C[C@@H](CCCCCC(O)(C(=O)O)C(F)(F)F)O[Si](c1ccccc1)(c1ccccc1)C(C)(C)C. The Hall–Kier alpha value is -2.16. The van der Waals surface area contributed by atoms with E-state index in [9.17, 15) is 23.1 Å². The summed E-state index contributed by atoms with van der Waals surface area (Å²) in [4.78, 5) is 11.0. The molecule has 34 heavy (non-hydrogen) atoms. The zero-order chi connectivity index (χ0) is 25.6. The van der Waals surface area contributed by atoms with Crippen molar-refractivity contribution in [2.45, 2.75) is 82.7 Å². The first-order valence-electron chi connectivity index (χ1n) is 11.6. The molecule has 0 aliphatic heterocycles. The van der Waals surface area contributed by atoms with E-state index in [1.165, 1.54) is 0 Å². The van der Waals surface area contributed by atoms with Gasteiger partial charge in [-0.2, -0.15) is 13.2 Å². The minimum Gasteiger partial charge on any atom is -0.479 e. The van der Waals surface area contributed by atoms with Crippen LogP contribution in [0.25, 0.3) is 0 Å². The summed E-state index contributed by atoms with van der Waals surface area (Å²) >= 11 is 0. The normalized spacial score (nSPS) is 15.5. The number of carboxylic acid groups (broad SMARTS) is 1. The van der Waals surface area contributed by atoms with E-state index in [-0.39, 0.29) is 17.6 Å². The third kappa shape index (κ3) is 6.09. The Balaban J connectivity index is 2.14. The zero-order valence-corrected chi connectivity index (χ0v) is 21.2. The van der Waals surface area contributed by atoms with Crippen LogP contribution < -0.4 is 10.4 Å². The Kier molecular flexibility index (Phi) is 9.13. The van der Waals surface area contributed by atoms with Crippen molar-refractivity contribution >= 4 is 24.7 Å². The van der Waals surface area contributed by atoms with Crippen molar-refractivity contribution in [2.75, 3.05) is 0 Å². The fraction of sp³-hybridized carbons (Fsp3) is 0.500. The van der Waals surface area contributed by atoms with Crippen LogP contribution in [0.1, 0.15) is 59.8 Å². The lowest BCUT2D eigenvalue weighted by molar-refractivity contribution is -0.262. The molecule has 8 heteroatoms. The highest BCUT2D eigenvalue weighted by Gasteiger charge is 2.59. The van der Waals surface area contributed by atoms with Gasteiger partial charge in [0.25, 0.3) is 13.9 Å². The number of unbranched alkanes of at least 4 members (excludes halogenated alkanes) is 2. The van der Waals surface area contributed by atoms with Crippen molar-refractivity contribution in [2.24, 2.45) is 0 Å². The predicted octanol–water partition coefficient (Wildman–Crippen LogP) is 5.28. The summed E-state index contributed by atoms with van der Waals surface area (Å²) < 4.78 is 45.8. The first-order chi connectivity index (χ1) is 15.8. The van der Waals surface area contributed by atoms with Crippen molar-refractivity contribution in [3.05, 3.63) is 60.7 Å². The highest BCUT2D eigenvalue weighted by Crippen LogP contribution is 2.38. The number of aliphatic carboxylic acids is 1. The van der Waals surface area contributed by atoms with Crippen LogP contribution in [0.5, 0.6) is 0 Å². The van der Waals surface area contributed by atoms with E-state index in [4.69, 9.17) is 9.53 Å². The van der Waals surface area contributed by atoms with E-state index >= 15 is 0 Å². The Bertz CT molecular complexity index is 874. The average molecular weight is 497 g/mol. The van der Waals surface area contributed by atoms with Crippen LogP contribution >= 0.6 is 0 Å². The van der Waals surface area contributed by atoms with Crippen LogP contribution in [0, 0.1) is 0 Å². The number of rotatable bonds is 11. The molecule has 188 valence electrons. The van der Waals surface area contributed by atoms with Crippen molar-refractivity contribution in [1.82, 2.24) is 0 Å². The summed E-state index contributed by atoms with van der Waals surface area (Å²) in [5.41, 5.74) is -3.70. The van der Waals surface area contributed by atoms with Gasteiger partial charge in [-0.15, -0.1) is 0 Å². The van der Waals surface area contributed by atoms with Crippen LogP contribution in [0.2, 0.25) is 5.04 Å². The minimum absolute atomic E-state index is 0.0474. The van der Waals surface area contributed by atoms with Gasteiger partial charge in [0.1, 0.15) is 0 Å². The molecule has 2 rings (SSSR count). The summed E-state index contributed by atoms with van der Waals surface area (Å²) in [5.74, 6) is -2.26. The molecule has 2 aromatic rings. The maximum atomic E-state index is 13.0. The third-order valence-corrected chi connectivity index (χ3v) is 11.4. The van der Waals surface area contributed by atoms with Gasteiger partial charge in [0.15, 0.2) is 0 Å². The summed E-state index contributed by atoms with van der Waals surface area (Å²) in [5, 5.41) is 20.5. The molecule has 2 atom stereocenters. The number of carboxylic acids is 1.